The second kappa shape index (κ2) is 9.47. The van der Waals surface area contributed by atoms with E-state index in [-0.39, 0.29) is 11.8 Å². The van der Waals surface area contributed by atoms with Crippen molar-refractivity contribution in [3.05, 3.63) is 60.2 Å². The zero-order chi connectivity index (χ0) is 20.8. The van der Waals surface area contributed by atoms with Crippen LogP contribution in [0, 0.1) is 0 Å². The zero-order valence-electron chi connectivity index (χ0n) is 15.9. The molecule has 2 N–H and O–H groups in total. The number of carboxylic acids is 1. The van der Waals surface area contributed by atoms with Gasteiger partial charge in [-0.05, 0) is 49.1 Å². The minimum Gasteiger partial charge on any atom is -0.480 e. The summed E-state index contributed by atoms with van der Waals surface area (Å²) >= 11 is 1.54. The number of carboxylic acid groups (broad SMARTS) is 1. The van der Waals surface area contributed by atoms with Crippen molar-refractivity contribution >= 4 is 29.5 Å². The van der Waals surface area contributed by atoms with Crippen LogP contribution in [-0.2, 0) is 9.59 Å². The summed E-state index contributed by atoms with van der Waals surface area (Å²) in [4.78, 5) is 37.5. The molecule has 1 fully saturated rings. The Morgan fingerprint density at radius 3 is 2.38 bits per heavy atom. The normalized spacial score (nSPS) is 18.3. The Balaban J connectivity index is 1.55. The van der Waals surface area contributed by atoms with Crippen LogP contribution in [0.5, 0.6) is 11.5 Å². The highest BCUT2D eigenvalue weighted by atomic mass is 32.2. The van der Waals surface area contributed by atoms with Crippen molar-refractivity contribution in [2.45, 2.75) is 17.7 Å². The lowest BCUT2D eigenvalue weighted by Crippen LogP contribution is -2.45. The molecule has 1 heterocycles. The van der Waals surface area contributed by atoms with E-state index in [0.29, 0.717) is 30.0 Å². The van der Waals surface area contributed by atoms with Gasteiger partial charge in [0.2, 0.25) is 5.91 Å². The number of carbonyl (C=O) groups excluding carboxylic acids is 2. The number of rotatable bonds is 7. The van der Waals surface area contributed by atoms with Gasteiger partial charge in [-0.15, -0.1) is 0 Å². The topological polar surface area (TPSA) is 95.9 Å². The minimum atomic E-state index is -1.02. The van der Waals surface area contributed by atoms with Gasteiger partial charge in [0.05, 0.1) is 6.54 Å². The lowest BCUT2D eigenvalue weighted by atomic mass is 10.2. The SMILES string of the molecule is CSC1C[C@H](C(=O)O)N(C(=O)CNC(=O)c2ccc(Oc3ccccc3)cc2)C1. The van der Waals surface area contributed by atoms with Crippen molar-refractivity contribution in [1.82, 2.24) is 10.2 Å². The van der Waals surface area contributed by atoms with E-state index < -0.39 is 23.8 Å². The van der Waals surface area contributed by atoms with E-state index in [1.54, 1.807) is 36.0 Å². The van der Waals surface area contributed by atoms with Gasteiger partial charge in [0.25, 0.3) is 5.91 Å². The number of amides is 2. The van der Waals surface area contributed by atoms with Gasteiger partial charge in [0, 0.05) is 17.4 Å². The highest BCUT2D eigenvalue weighted by molar-refractivity contribution is 7.99. The number of likely N-dealkylation sites (tertiary alicyclic amines) is 1. The zero-order valence-corrected chi connectivity index (χ0v) is 16.7. The van der Waals surface area contributed by atoms with E-state index in [1.807, 2.05) is 36.6 Å². The largest absolute Gasteiger partial charge is 0.480 e. The smallest absolute Gasteiger partial charge is 0.326 e. The lowest BCUT2D eigenvalue weighted by molar-refractivity contribution is -0.147. The molecule has 2 atom stereocenters. The molecule has 0 aliphatic carbocycles. The van der Waals surface area contributed by atoms with Crippen LogP contribution in [0.15, 0.2) is 54.6 Å². The van der Waals surface area contributed by atoms with Crippen LogP contribution in [-0.4, -0.2) is 58.4 Å². The van der Waals surface area contributed by atoms with E-state index in [4.69, 9.17) is 4.74 Å². The maximum Gasteiger partial charge on any atom is 0.326 e. The van der Waals surface area contributed by atoms with Crippen molar-refractivity contribution in [2.75, 3.05) is 19.3 Å². The molecule has 2 aromatic carbocycles. The molecule has 2 amide bonds. The Hall–Kier alpha value is -3.00. The predicted octanol–water partition coefficient (Wildman–Crippen LogP) is 2.63. The third kappa shape index (κ3) is 5.29. The van der Waals surface area contributed by atoms with Crippen molar-refractivity contribution in [3.8, 4) is 11.5 Å². The number of carbonyl (C=O) groups is 3. The molecular formula is C21H22N2O5S. The van der Waals surface area contributed by atoms with Crippen LogP contribution in [0.3, 0.4) is 0 Å². The summed E-state index contributed by atoms with van der Waals surface area (Å²) in [5.41, 5.74) is 0.386. The summed E-state index contributed by atoms with van der Waals surface area (Å²) in [5, 5.41) is 12.0. The minimum absolute atomic E-state index is 0.0907. The maximum atomic E-state index is 12.4. The van der Waals surface area contributed by atoms with Crippen LogP contribution in [0.4, 0.5) is 0 Å². The first-order valence-electron chi connectivity index (χ1n) is 9.14. The summed E-state index contributed by atoms with van der Waals surface area (Å²) in [6, 6.07) is 15.0. The number of ether oxygens (including phenoxy) is 1. The van der Waals surface area contributed by atoms with Crippen molar-refractivity contribution in [1.29, 1.82) is 0 Å². The molecule has 29 heavy (non-hydrogen) atoms. The number of para-hydroxylation sites is 1. The molecule has 0 bridgehead atoms. The van der Waals surface area contributed by atoms with Crippen LogP contribution >= 0.6 is 11.8 Å². The molecule has 2 aromatic rings. The fraction of sp³-hybridized carbons (Fsp3) is 0.286. The van der Waals surface area contributed by atoms with E-state index in [9.17, 15) is 19.5 Å². The molecule has 1 saturated heterocycles. The number of nitrogens with zero attached hydrogens (tertiary/aromatic N) is 1. The second-order valence-corrected chi connectivity index (χ2v) is 7.75. The van der Waals surface area contributed by atoms with Crippen LogP contribution < -0.4 is 10.1 Å². The number of benzene rings is 2. The molecule has 0 aromatic heterocycles. The van der Waals surface area contributed by atoms with Crippen molar-refractivity contribution < 1.29 is 24.2 Å². The molecule has 0 spiro atoms. The average Bonchev–Trinajstić information content (AvgIpc) is 3.18. The Morgan fingerprint density at radius 2 is 1.76 bits per heavy atom. The highest BCUT2D eigenvalue weighted by Crippen LogP contribution is 2.26. The van der Waals surface area contributed by atoms with Gasteiger partial charge in [-0.25, -0.2) is 4.79 Å². The molecule has 0 radical (unpaired) electrons. The van der Waals surface area contributed by atoms with Gasteiger partial charge in [-0.1, -0.05) is 18.2 Å². The van der Waals surface area contributed by atoms with Crippen molar-refractivity contribution in [3.63, 3.8) is 0 Å². The maximum absolute atomic E-state index is 12.4. The van der Waals surface area contributed by atoms with Gasteiger partial charge in [-0.3, -0.25) is 9.59 Å². The van der Waals surface area contributed by atoms with E-state index in [2.05, 4.69) is 5.32 Å². The Labute approximate surface area is 173 Å². The van der Waals surface area contributed by atoms with Gasteiger partial charge >= 0.3 is 5.97 Å². The number of nitrogens with one attached hydrogen (secondary N) is 1. The standard InChI is InChI=1S/C21H22N2O5S/c1-29-17-11-18(21(26)27)23(13-17)19(24)12-22-20(25)14-7-9-16(10-8-14)28-15-5-3-2-4-6-15/h2-10,17-18H,11-13H2,1H3,(H,22,25)(H,26,27)/t17?,18-/m1/s1. The lowest BCUT2D eigenvalue weighted by Gasteiger charge is -2.21. The molecular weight excluding hydrogens is 392 g/mol. The van der Waals surface area contributed by atoms with Crippen LogP contribution in [0.1, 0.15) is 16.8 Å². The summed E-state index contributed by atoms with van der Waals surface area (Å²) in [7, 11) is 0. The number of thioether (sulfide) groups is 1. The van der Waals surface area contributed by atoms with E-state index in [1.165, 1.54) is 4.90 Å². The molecule has 0 saturated carbocycles. The van der Waals surface area contributed by atoms with Crippen LogP contribution in [0.2, 0.25) is 0 Å². The summed E-state index contributed by atoms with van der Waals surface area (Å²) < 4.78 is 5.68. The Bertz CT molecular complexity index is 872. The number of hydrogen-bond acceptors (Lipinski definition) is 5. The first-order valence-corrected chi connectivity index (χ1v) is 10.4. The van der Waals surface area contributed by atoms with E-state index >= 15 is 0 Å². The third-order valence-electron chi connectivity index (χ3n) is 4.70. The monoisotopic (exact) mass is 414 g/mol. The molecule has 1 aliphatic heterocycles. The van der Waals surface area contributed by atoms with Gasteiger partial charge in [-0.2, -0.15) is 11.8 Å². The molecule has 152 valence electrons. The molecule has 8 heteroatoms. The Morgan fingerprint density at radius 1 is 1.10 bits per heavy atom. The molecule has 3 rings (SSSR count). The number of hydrogen-bond donors (Lipinski definition) is 2. The van der Waals surface area contributed by atoms with Crippen LogP contribution in [0.25, 0.3) is 0 Å². The first-order chi connectivity index (χ1) is 14.0. The highest BCUT2D eigenvalue weighted by Gasteiger charge is 2.39. The first kappa shape index (κ1) is 20.7. The fourth-order valence-electron chi connectivity index (χ4n) is 3.14. The summed E-state index contributed by atoms with van der Waals surface area (Å²) in [6.45, 7) is 0.129. The van der Waals surface area contributed by atoms with Crippen molar-refractivity contribution in [2.24, 2.45) is 0 Å². The molecule has 7 nitrogen and oxygen atoms in total. The van der Waals surface area contributed by atoms with Gasteiger partial charge < -0.3 is 20.1 Å². The van der Waals surface area contributed by atoms with Gasteiger partial charge in [0.1, 0.15) is 17.5 Å². The van der Waals surface area contributed by atoms with E-state index in [0.717, 1.165) is 0 Å². The summed E-state index contributed by atoms with van der Waals surface area (Å²) in [5.74, 6) is -0.538. The molecule has 1 unspecified atom stereocenters. The fourth-order valence-corrected chi connectivity index (χ4v) is 3.82. The number of aliphatic carboxylic acids is 1. The average molecular weight is 414 g/mol. The predicted molar refractivity (Wildman–Crippen MR) is 110 cm³/mol. The second-order valence-electron chi connectivity index (χ2n) is 6.62. The molecule has 1 aliphatic rings. The Kier molecular flexibility index (Phi) is 6.77. The summed E-state index contributed by atoms with van der Waals surface area (Å²) in [6.07, 6.45) is 2.31. The van der Waals surface area contributed by atoms with Gasteiger partial charge in [0.15, 0.2) is 0 Å². The quantitative estimate of drug-likeness (QED) is 0.723. The third-order valence-corrected chi connectivity index (χ3v) is 5.71.